The maximum atomic E-state index is 12.4. The number of rotatable bonds is 6. The predicted molar refractivity (Wildman–Crippen MR) is 120 cm³/mol. The highest BCUT2D eigenvalue weighted by Crippen LogP contribution is 2.25. The van der Waals surface area contributed by atoms with Crippen LogP contribution in [-0.4, -0.2) is 23.8 Å². The van der Waals surface area contributed by atoms with E-state index in [-0.39, 0.29) is 5.91 Å². The molecular weight excluding hydrogens is 374 g/mol. The molecule has 0 bridgehead atoms. The summed E-state index contributed by atoms with van der Waals surface area (Å²) in [5.41, 5.74) is 7.61. The third-order valence-electron chi connectivity index (χ3n) is 5.18. The molecule has 5 nitrogen and oxygen atoms in total. The molecule has 0 spiro atoms. The summed E-state index contributed by atoms with van der Waals surface area (Å²) >= 11 is 0. The maximum absolute atomic E-state index is 12.4. The van der Waals surface area contributed by atoms with Gasteiger partial charge in [-0.2, -0.15) is 5.10 Å². The zero-order chi connectivity index (χ0) is 20.9. The van der Waals surface area contributed by atoms with Gasteiger partial charge in [-0.3, -0.25) is 4.79 Å². The lowest BCUT2D eigenvalue weighted by Gasteiger charge is -2.08. The van der Waals surface area contributed by atoms with Gasteiger partial charge in [-0.05, 0) is 42.8 Å². The highest BCUT2D eigenvalue weighted by atomic mass is 16.5. The molecule has 5 heteroatoms. The summed E-state index contributed by atoms with van der Waals surface area (Å²) in [5, 5.41) is 5.33. The van der Waals surface area contributed by atoms with Crippen LogP contribution in [0.15, 0.2) is 84.0 Å². The second-order valence-electron chi connectivity index (χ2n) is 7.02. The van der Waals surface area contributed by atoms with Crippen molar-refractivity contribution < 1.29 is 9.53 Å². The summed E-state index contributed by atoms with van der Waals surface area (Å²) < 4.78 is 7.40. The first-order valence-corrected chi connectivity index (χ1v) is 9.76. The second-order valence-corrected chi connectivity index (χ2v) is 7.02. The largest absolute Gasteiger partial charge is 0.497 e. The van der Waals surface area contributed by atoms with Gasteiger partial charge in [0, 0.05) is 34.3 Å². The van der Waals surface area contributed by atoms with Crippen LogP contribution in [0, 0.1) is 6.92 Å². The number of fused-ring (bicyclic) bond motifs is 1. The Morgan fingerprint density at radius 1 is 1.00 bits per heavy atom. The van der Waals surface area contributed by atoms with Gasteiger partial charge in [0.2, 0.25) is 0 Å². The number of hydrazone groups is 1. The SMILES string of the molecule is COc1ccc(C(=O)N/N=C/c2c(C)n(Cc3ccccc3)c3ccccc23)cc1. The van der Waals surface area contributed by atoms with Crippen LogP contribution in [0.5, 0.6) is 5.75 Å². The van der Waals surface area contributed by atoms with Crippen LogP contribution in [0.2, 0.25) is 0 Å². The number of carbonyl (C=O) groups is 1. The van der Waals surface area contributed by atoms with Crippen LogP contribution < -0.4 is 10.2 Å². The molecule has 30 heavy (non-hydrogen) atoms. The van der Waals surface area contributed by atoms with E-state index < -0.39 is 0 Å². The molecule has 0 saturated heterocycles. The Hall–Kier alpha value is -3.86. The van der Waals surface area contributed by atoms with Crippen molar-refractivity contribution in [3.05, 3.63) is 101 Å². The Morgan fingerprint density at radius 2 is 1.70 bits per heavy atom. The predicted octanol–water partition coefficient (Wildman–Crippen LogP) is 4.77. The number of nitrogens with one attached hydrogen (secondary N) is 1. The lowest BCUT2D eigenvalue weighted by atomic mass is 10.1. The lowest BCUT2D eigenvalue weighted by Crippen LogP contribution is -2.17. The summed E-state index contributed by atoms with van der Waals surface area (Å²) in [4.78, 5) is 12.4. The Balaban J connectivity index is 1.59. The van der Waals surface area contributed by atoms with E-state index in [0.29, 0.717) is 11.3 Å². The first-order chi connectivity index (χ1) is 14.7. The van der Waals surface area contributed by atoms with Crippen molar-refractivity contribution in [3.8, 4) is 5.75 Å². The van der Waals surface area contributed by atoms with E-state index in [2.05, 4.69) is 46.3 Å². The molecule has 0 unspecified atom stereocenters. The molecule has 1 heterocycles. The van der Waals surface area contributed by atoms with Gasteiger partial charge in [-0.25, -0.2) is 5.43 Å². The normalized spacial score (nSPS) is 11.1. The second kappa shape index (κ2) is 8.66. The number of amides is 1. The number of nitrogens with zero attached hydrogens (tertiary/aromatic N) is 2. The van der Waals surface area contributed by atoms with Crippen LogP contribution in [0.4, 0.5) is 0 Å². The Labute approximate surface area is 175 Å². The van der Waals surface area contributed by atoms with Gasteiger partial charge >= 0.3 is 0 Å². The van der Waals surface area contributed by atoms with Crippen molar-refractivity contribution in [1.29, 1.82) is 0 Å². The molecule has 0 aliphatic carbocycles. The van der Waals surface area contributed by atoms with Crippen LogP contribution in [0.1, 0.15) is 27.2 Å². The van der Waals surface area contributed by atoms with E-state index in [1.165, 1.54) is 5.56 Å². The summed E-state index contributed by atoms with van der Waals surface area (Å²) in [6, 6.07) is 25.5. The molecule has 0 aliphatic rings. The van der Waals surface area contributed by atoms with Crippen molar-refractivity contribution in [2.75, 3.05) is 7.11 Å². The quantitative estimate of drug-likeness (QED) is 0.376. The Bertz CT molecular complexity index is 1190. The van der Waals surface area contributed by atoms with E-state index in [1.54, 1.807) is 37.6 Å². The molecule has 3 aromatic carbocycles. The number of hydrogen-bond acceptors (Lipinski definition) is 3. The minimum atomic E-state index is -0.264. The fourth-order valence-corrected chi connectivity index (χ4v) is 3.55. The van der Waals surface area contributed by atoms with Gasteiger partial charge < -0.3 is 9.30 Å². The third-order valence-corrected chi connectivity index (χ3v) is 5.18. The number of para-hydroxylation sites is 1. The smallest absolute Gasteiger partial charge is 0.271 e. The van der Waals surface area contributed by atoms with Gasteiger partial charge in [-0.1, -0.05) is 48.5 Å². The standard InChI is InChI=1S/C25H23N3O2/c1-18-23(16-26-27-25(29)20-12-14-21(30-2)15-13-20)22-10-6-7-11-24(22)28(18)17-19-8-4-3-5-9-19/h3-16H,17H2,1-2H3,(H,27,29)/b26-16+. The number of aromatic nitrogens is 1. The van der Waals surface area contributed by atoms with Crippen LogP contribution in [0.3, 0.4) is 0 Å². The monoisotopic (exact) mass is 397 g/mol. The van der Waals surface area contributed by atoms with Gasteiger partial charge in [0.25, 0.3) is 5.91 Å². The van der Waals surface area contributed by atoms with E-state index in [0.717, 1.165) is 28.7 Å². The zero-order valence-corrected chi connectivity index (χ0v) is 17.0. The van der Waals surface area contributed by atoms with Gasteiger partial charge in [-0.15, -0.1) is 0 Å². The van der Waals surface area contributed by atoms with Crippen LogP contribution >= 0.6 is 0 Å². The summed E-state index contributed by atoms with van der Waals surface area (Å²) in [6.07, 6.45) is 1.72. The fraction of sp³-hybridized carbons (Fsp3) is 0.120. The average molecular weight is 397 g/mol. The first-order valence-electron chi connectivity index (χ1n) is 9.76. The van der Waals surface area contributed by atoms with Gasteiger partial charge in [0.15, 0.2) is 0 Å². The van der Waals surface area contributed by atoms with E-state index in [9.17, 15) is 4.79 Å². The summed E-state index contributed by atoms with van der Waals surface area (Å²) in [6.45, 7) is 2.86. The molecule has 0 saturated carbocycles. The Kier molecular flexibility index (Phi) is 5.61. The highest BCUT2D eigenvalue weighted by Gasteiger charge is 2.13. The topological polar surface area (TPSA) is 55.6 Å². The first kappa shape index (κ1) is 19.5. The molecule has 0 fully saturated rings. The van der Waals surface area contributed by atoms with Crippen LogP contribution in [0.25, 0.3) is 10.9 Å². The molecular formula is C25H23N3O2. The van der Waals surface area contributed by atoms with Crippen molar-refractivity contribution in [1.82, 2.24) is 9.99 Å². The molecule has 0 atom stereocenters. The van der Waals surface area contributed by atoms with Crippen molar-refractivity contribution in [2.45, 2.75) is 13.5 Å². The number of ether oxygens (including phenoxy) is 1. The lowest BCUT2D eigenvalue weighted by molar-refractivity contribution is 0.0955. The number of methoxy groups -OCH3 is 1. The van der Waals surface area contributed by atoms with Crippen molar-refractivity contribution in [3.63, 3.8) is 0 Å². The number of hydrogen-bond donors (Lipinski definition) is 1. The molecule has 1 aromatic heterocycles. The number of carbonyl (C=O) groups excluding carboxylic acids is 1. The Morgan fingerprint density at radius 3 is 2.43 bits per heavy atom. The third kappa shape index (κ3) is 3.96. The van der Waals surface area contributed by atoms with E-state index in [1.807, 2.05) is 30.3 Å². The number of benzene rings is 3. The van der Waals surface area contributed by atoms with Crippen LogP contribution in [-0.2, 0) is 6.54 Å². The van der Waals surface area contributed by atoms with Crippen molar-refractivity contribution in [2.24, 2.45) is 5.10 Å². The molecule has 4 rings (SSSR count). The van der Waals surface area contributed by atoms with E-state index in [4.69, 9.17) is 4.74 Å². The molecule has 4 aromatic rings. The molecule has 0 radical (unpaired) electrons. The van der Waals surface area contributed by atoms with Gasteiger partial charge in [0.05, 0.1) is 13.3 Å². The highest BCUT2D eigenvalue weighted by molar-refractivity contribution is 6.02. The average Bonchev–Trinajstić information content (AvgIpc) is 3.06. The molecule has 0 aliphatic heterocycles. The molecule has 150 valence electrons. The molecule has 1 amide bonds. The zero-order valence-electron chi connectivity index (χ0n) is 17.0. The van der Waals surface area contributed by atoms with E-state index >= 15 is 0 Å². The minimum Gasteiger partial charge on any atom is -0.497 e. The van der Waals surface area contributed by atoms with Gasteiger partial charge in [0.1, 0.15) is 5.75 Å². The maximum Gasteiger partial charge on any atom is 0.271 e. The summed E-state index contributed by atoms with van der Waals surface area (Å²) in [7, 11) is 1.59. The molecule has 1 N–H and O–H groups in total. The fourth-order valence-electron chi connectivity index (χ4n) is 3.55. The van der Waals surface area contributed by atoms with Crippen molar-refractivity contribution >= 4 is 23.0 Å². The minimum absolute atomic E-state index is 0.264. The summed E-state index contributed by atoms with van der Waals surface area (Å²) in [5.74, 6) is 0.441.